The van der Waals surface area contributed by atoms with Crippen molar-refractivity contribution in [3.05, 3.63) is 29.6 Å². The summed E-state index contributed by atoms with van der Waals surface area (Å²) >= 11 is 0. The number of likely N-dealkylation sites (tertiary alicyclic amines) is 1. The number of likely N-dealkylation sites (N-methyl/N-ethyl adjacent to an activating group) is 1. The van der Waals surface area contributed by atoms with Crippen LogP contribution in [0.4, 0.5) is 10.1 Å². The van der Waals surface area contributed by atoms with Crippen LogP contribution in [-0.4, -0.2) is 80.8 Å². The smallest absolute Gasteiger partial charge is 0.194 e. The van der Waals surface area contributed by atoms with E-state index in [1.165, 1.54) is 0 Å². The van der Waals surface area contributed by atoms with Gasteiger partial charge in [0.1, 0.15) is 5.82 Å². The second-order valence-electron chi connectivity index (χ2n) is 8.02. The quantitative estimate of drug-likeness (QED) is 0.322. The monoisotopic (exact) mass is 547 g/mol. The molecule has 0 aliphatic carbocycles. The van der Waals surface area contributed by atoms with Crippen molar-refractivity contribution in [2.75, 3.05) is 63.9 Å². The van der Waals surface area contributed by atoms with E-state index in [0.29, 0.717) is 18.3 Å². The van der Waals surface area contributed by atoms with Gasteiger partial charge in [0, 0.05) is 52.4 Å². The molecule has 0 unspecified atom stereocenters. The lowest BCUT2D eigenvalue weighted by atomic mass is 10.1. The molecule has 0 aromatic heterocycles. The van der Waals surface area contributed by atoms with Crippen LogP contribution >= 0.6 is 24.0 Å². The Labute approximate surface area is 204 Å². The van der Waals surface area contributed by atoms with Crippen molar-refractivity contribution in [2.45, 2.75) is 46.3 Å². The summed E-state index contributed by atoms with van der Waals surface area (Å²) in [6, 6.07) is 5.58. The number of anilines is 1. The second-order valence-corrected chi connectivity index (χ2v) is 8.02. The van der Waals surface area contributed by atoms with Gasteiger partial charge in [0.05, 0.1) is 18.3 Å². The number of piperidine rings is 1. The maximum absolute atomic E-state index is 14.8. The molecule has 2 saturated heterocycles. The van der Waals surface area contributed by atoms with Crippen LogP contribution in [0, 0.1) is 5.82 Å². The molecule has 0 radical (unpaired) electrons. The average molecular weight is 548 g/mol. The Morgan fingerprint density at radius 3 is 2.39 bits per heavy atom. The first-order valence-electron chi connectivity index (χ1n) is 11.5. The summed E-state index contributed by atoms with van der Waals surface area (Å²) in [4.78, 5) is 11.6. The Balaban J connectivity index is 0.00000341. The lowest BCUT2D eigenvalue weighted by Crippen LogP contribution is -2.47. The molecular formula is C23H39FIN5O. The molecule has 0 saturated carbocycles. The zero-order chi connectivity index (χ0) is 21.3. The van der Waals surface area contributed by atoms with E-state index in [1.807, 2.05) is 19.1 Å². The highest BCUT2D eigenvalue weighted by Crippen LogP contribution is 2.22. The summed E-state index contributed by atoms with van der Waals surface area (Å²) < 4.78 is 20.6. The fourth-order valence-corrected chi connectivity index (χ4v) is 4.27. The molecule has 1 aromatic carbocycles. The number of aliphatic imine (C=N–C) groups is 1. The number of hydrogen-bond donors (Lipinski definition) is 1. The minimum absolute atomic E-state index is 0. The van der Waals surface area contributed by atoms with E-state index in [1.54, 1.807) is 6.07 Å². The van der Waals surface area contributed by atoms with E-state index < -0.39 is 0 Å². The number of nitrogens with zero attached hydrogens (tertiary/aromatic N) is 4. The molecular weight excluding hydrogens is 508 g/mol. The van der Waals surface area contributed by atoms with E-state index in [2.05, 4.69) is 33.9 Å². The molecule has 2 aliphatic rings. The summed E-state index contributed by atoms with van der Waals surface area (Å²) in [5.74, 6) is 0.766. The van der Waals surface area contributed by atoms with Crippen LogP contribution in [0.15, 0.2) is 23.2 Å². The molecule has 31 heavy (non-hydrogen) atoms. The predicted octanol–water partition coefficient (Wildman–Crippen LogP) is 3.55. The largest absolute Gasteiger partial charge is 0.378 e. The number of rotatable bonds is 7. The minimum Gasteiger partial charge on any atom is -0.378 e. The summed E-state index contributed by atoms with van der Waals surface area (Å²) in [6.45, 7) is 15.1. The first-order chi connectivity index (χ1) is 14.6. The van der Waals surface area contributed by atoms with Crippen molar-refractivity contribution in [1.82, 2.24) is 15.1 Å². The maximum Gasteiger partial charge on any atom is 0.194 e. The number of ether oxygens (including phenoxy) is 1. The van der Waals surface area contributed by atoms with Gasteiger partial charge in [-0.2, -0.15) is 0 Å². The van der Waals surface area contributed by atoms with Crippen LogP contribution in [0.1, 0.15) is 39.2 Å². The molecule has 1 aromatic rings. The highest BCUT2D eigenvalue weighted by atomic mass is 127. The van der Waals surface area contributed by atoms with Gasteiger partial charge in [-0.1, -0.05) is 13.0 Å². The van der Waals surface area contributed by atoms with Crippen molar-refractivity contribution in [1.29, 1.82) is 0 Å². The van der Waals surface area contributed by atoms with Gasteiger partial charge < -0.3 is 24.8 Å². The summed E-state index contributed by atoms with van der Waals surface area (Å²) in [6.07, 6.45) is 2.40. The van der Waals surface area contributed by atoms with Gasteiger partial charge in [0.25, 0.3) is 0 Å². The van der Waals surface area contributed by atoms with Gasteiger partial charge in [-0.15, -0.1) is 24.0 Å². The molecule has 2 aliphatic heterocycles. The van der Waals surface area contributed by atoms with Crippen LogP contribution in [0.25, 0.3) is 0 Å². The Morgan fingerprint density at radius 2 is 1.81 bits per heavy atom. The van der Waals surface area contributed by atoms with Gasteiger partial charge in [-0.05, 0) is 50.9 Å². The summed E-state index contributed by atoms with van der Waals surface area (Å²) in [5, 5.41) is 3.39. The van der Waals surface area contributed by atoms with Crippen LogP contribution in [-0.2, 0) is 11.3 Å². The Morgan fingerprint density at radius 1 is 1.10 bits per heavy atom. The van der Waals surface area contributed by atoms with Crippen molar-refractivity contribution in [3.63, 3.8) is 0 Å². The predicted molar refractivity (Wildman–Crippen MR) is 137 cm³/mol. The molecule has 3 rings (SSSR count). The minimum atomic E-state index is -0.143. The number of guanidine groups is 1. The average Bonchev–Trinajstić information content (AvgIpc) is 2.78. The first kappa shape index (κ1) is 26.1. The third-order valence-corrected chi connectivity index (χ3v) is 6.06. The summed E-state index contributed by atoms with van der Waals surface area (Å²) in [7, 11) is 0. The molecule has 1 N–H and O–H groups in total. The van der Waals surface area contributed by atoms with Crippen molar-refractivity contribution < 1.29 is 9.13 Å². The number of nitrogens with one attached hydrogen (secondary N) is 1. The van der Waals surface area contributed by atoms with Gasteiger partial charge in [0.15, 0.2) is 5.96 Å². The lowest BCUT2D eigenvalue weighted by Gasteiger charge is -2.35. The number of piperazine rings is 1. The van der Waals surface area contributed by atoms with E-state index in [4.69, 9.17) is 9.73 Å². The van der Waals surface area contributed by atoms with Crippen LogP contribution in [0.2, 0.25) is 0 Å². The molecule has 2 fully saturated rings. The number of benzene rings is 1. The van der Waals surface area contributed by atoms with Gasteiger partial charge in [-0.25, -0.2) is 9.38 Å². The van der Waals surface area contributed by atoms with E-state index >= 15 is 0 Å². The molecule has 0 bridgehead atoms. The van der Waals surface area contributed by atoms with Gasteiger partial charge >= 0.3 is 0 Å². The van der Waals surface area contributed by atoms with Gasteiger partial charge in [-0.3, -0.25) is 0 Å². The number of hydrogen-bond acceptors (Lipinski definition) is 4. The highest BCUT2D eigenvalue weighted by molar-refractivity contribution is 14.0. The normalized spacial score (nSPS) is 18.8. The zero-order valence-corrected chi connectivity index (χ0v) is 21.6. The van der Waals surface area contributed by atoms with Crippen molar-refractivity contribution in [3.8, 4) is 0 Å². The molecule has 0 atom stereocenters. The van der Waals surface area contributed by atoms with Crippen molar-refractivity contribution in [2.24, 2.45) is 4.99 Å². The lowest BCUT2D eigenvalue weighted by molar-refractivity contribution is 0.0263. The highest BCUT2D eigenvalue weighted by Gasteiger charge is 2.22. The van der Waals surface area contributed by atoms with Crippen LogP contribution in [0.3, 0.4) is 0 Å². The van der Waals surface area contributed by atoms with E-state index in [9.17, 15) is 4.39 Å². The topological polar surface area (TPSA) is 43.3 Å². The maximum atomic E-state index is 14.8. The molecule has 8 heteroatoms. The molecule has 2 heterocycles. The molecule has 0 spiro atoms. The third-order valence-electron chi connectivity index (χ3n) is 6.06. The fraction of sp³-hybridized carbons (Fsp3) is 0.696. The van der Waals surface area contributed by atoms with E-state index in [-0.39, 0.29) is 29.8 Å². The third kappa shape index (κ3) is 7.46. The zero-order valence-electron chi connectivity index (χ0n) is 19.3. The standard InChI is InChI=1S/C23H38FN5O.HI/c1-4-25-23(29-11-9-20(10-12-29)30-6-3)26-18-19-7-8-22(21(24)17-19)28-15-13-27(5-2)14-16-28;/h7-8,17,20H,4-6,9-16,18H2,1-3H3,(H,25,26);1H. The van der Waals surface area contributed by atoms with Gasteiger partial charge in [0.2, 0.25) is 0 Å². The second kappa shape index (κ2) is 13.4. The van der Waals surface area contributed by atoms with Crippen LogP contribution in [0.5, 0.6) is 0 Å². The molecule has 6 nitrogen and oxygen atoms in total. The van der Waals surface area contributed by atoms with Crippen molar-refractivity contribution >= 4 is 35.6 Å². The van der Waals surface area contributed by atoms with Crippen LogP contribution < -0.4 is 10.2 Å². The Hall–Kier alpha value is -1.13. The fourth-order valence-electron chi connectivity index (χ4n) is 4.27. The molecule has 0 amide bonds. The Bertz CT molecular complexity index is 689. The number of halogens is 2. The first-order valence-corrected chi connectivity index (χ1v) is 11.5. The summed E-state index contributed by atoms with van der Waals surface area (Å²) in [5.41, 5.74) is 1.62. The van der Waals surface area contributed by atoms with E-state index in [0.717, 1.165) is 83.3 Å². The molecule has 176 valence electrons. The Kier molecular flexibility index (Phi) is 11.3. The SMILES string of the molecule is CCNC(=NCc1ccc(N2CCN(CC)CC2)c(F)c1)N1CCC(OCC)CC1.I.